The van der Waals surface area contributed by atoms with E-state index in [1.807, 2.05) is 51.1 Å². The van der Waals surface area contributed by atoms with Crippen LogP contribution in [0.3, 0.4) is 0 Å². The first kappa shape index (κ1) is 40.6. The normalized spacial score (nSPS) is 18.8. The largest absolute Gasteiger partial charge is 0.444 e. The van der Waals surface area contributed by atoms with E-state index in [9.17, 15) is 24.0 Å². The van der Waals surface area contributed by atoms with Crippen LogP contribution >= 0.6 is 24.0 Å². The van der Waals surface area contributed by atoms with Crippen LogP contribution in [0.25, 0.3) is 0 Å². The molecule has 2 aromatic carbocycles. The number of ether oxygens (including phenoxy) is 1. The zero-order valence-corrected chi connectivity index (χ0v) is 30.9. The summed E-state index contributed by atoms with van der Waals surface area (Å²) in [4.78, 5) is 63.7. The van der Waals surface area contributed by atoms with Crippen LogP contribution in [0.2, 0.25) is 0 Å². The van der Waals surface area contributed by atoms with E-state index in [-0.39, 0.29) is 42.4 Å². The van der Waals surface area contributed by atoms with Gasteiger partial charge in [0.05, 0.1) is 0 Å². The third-order valence-corrected chi connectivity index (χ3v) is 8.90. The van der Waals surface area contributed by atoms with Crippen LogP contribution in [0.5, 0.6) is 0 Å². The van der Waals surface area contributed by atoms with E-state index >= 15 is 0 Å². The zero-order valence-electron chi connectivity index (χ0n) is 29.3. The molecule has 2 aromatic rings. The van der Waals surface area contributed by atoms with E-state index in [2.05, 4.69) is 45.8 Å². The third-order valence-electron chi connectivity index (χ3n) is 8.90. The molecule has 14 heteroatoms. The SMILES string of the molecule is CC(C)(C)OC(=O)N1CCC(c2cccc(N3CCC(=O)NC3=O)c2)CC1.CCl.Cl.O=C1CCN(c2cccc(C3CCNCC3)c2)C(=O)N1. The molecular weight excluding hydrogens is 683 g/mol. The lowest BCUT2D eigenvalue weighted by atomic mass is 9.89. The molecule has 0 aromatic heterocycles. The molecule has 0 spiro atoms. The van der Waals surface area contributed by atoms with E-state index < -0.39 is 5.60 Å². The van der Waals surface area contributed by atoms with Crippen molar-refractivity contribution in [1.82, 2.24) is 20.9 Å². The van der Waals surface area contributed by atoms with Crippen molar-refractivity contribution in [1.29, 1.82) is 0 Å². The van der Waals surface area contributed by atoms with Crippen molar-refractivity contribution in [2.45, 2.75) is 76.7 Å². The highest BCUT2D eigenvalue weighted by atomic mass is 35.5. The molecule has 50 heavy (non-hydrogen) atoms. The molecule has 0 saturated carbocycles. The van der Waals surface area contributed by atoms with Crippen molar-refractivity contribution >= 4 is 65.4 Å². The maximum atomic E-state index is 12.2. The van der Waals surface area contributed by atoms with Gasteiger partial charge < -0.3 is 15.0 Å². The van der Waals surface area contributed by atoms with Crippen molar-refractivity contribution in [2.24, 2.45) is 0 Å². The van der Waals surface area contributed by atoms with Gasteiger partial charge in [0.1, 0.15) is 5.60 Å². The zero-order chi connectivity index (χ0) is 35.6. The highest BCUT2D eigenvalue weighted by Gasteiger charge is 2.29. The number of carbonyl (C=O) groups excluding carboxylic acids is 5. The average Bonchev–Trinajstić information content (AvgIpc) is 3.09. The first-order chi connectivity index (χ1) is 23.5. The summed E-state index contributed by atoms with van der Waals surface area (Å²) >= 11 is 4.64. The molecule has 4 saturated heterocycles. The third kappa shape index (κ3) is 11.3. The average molecular weight is 734 g/mol. The fourth-order valence-corrected chi connectivity index (χ4v) is 6.39. The smallest absolute Gasteiger partial charge is 0.410 e. The Hall–Kier alpha value is -3.87. The molecule has 274 valence electrons. The molecule has 0 bridgehead atoms. The minimum absolute atomic E-state index is 0. The lowest BCUT2D eigenvalue weighted by Crippen LogP contribution is -2.49. The fourth-order valence-electron chi connectivity index (χ4n) is 6.39. The molecule has 4 aliphatic rings. The number of urea groups is 2. The molecule has 4 aliphatic heterocycles. The van der Waals surface area contributed by atoms with E-state index in [0.29, 0.717) is 50.9 Å². The van der Waals surface area contributed by atoms with Gasteiger partial charge >= 0.3 is 18.2 Å². The number of hydrogen-bond acceptors (Lipinski definition) is 7. The highest BCUT2D eigenvalue weighted by Crippen LogP contribution is 2.32. The number of amides is 7. The lowest BCUT2D eigenvalue weighted by molar-refractivity contribution is -0.121. The standard InChI is InChI=1S/C20H27N3O4.C15H19N3O2.CH3Cl.ClH/c1-20(2,3)27-19(26)22-10-7-14(8-11-22)15-5-4-6-16(13-15)23-12-9-17(24)21-18(23)25;19-14-6-9-18(15(20)17-14)13-3-1-2-12(10-13)11-4-7-16-8-5-11;1-2;/h4-6,13-14H,7-12H2,1-3H3,(H,21,24,25);1-3,10-11,16H,4-9H2,(H,17,19,20);1H3;1H. The summed E-state index contributed by atoms with van der Waals surface area (Å²) < 4.78 is 5.45. The van der Waals surface area contributed by atoms with E-state index in [0.717, 1.165) is 55.7 Å². The molecule has 3 N–H and O–H groups in total. The Morgan fingerprint density at radius 2 is 1.16 bits per heavy atom. The molecule has 7 amide bonds. The first-order valence-corrected chi connectivity index (χ1v) is 17.7. The number of hydrogen-bond donors (Lipinski definition) is 3. The number of rotatable bonds is 4. The van der Waals surface area contributed by atoms with Crippen molar-refractivity contribution in [3.05, 3.63) is 59.7 Å². The maximum absolute atomic E-state index is 12.2. The number of piperidine rings is 2. The summed E-state index contributed by atoms with van der Waals surface area (Å²) in [5.41, 5.74) is 3.63. The van der Waals surface area contributed by atoms with Crippen molar-refractivity contribution in [3.8, 4) is 0 Å². The predicted octanol–water partition coefficient (Wildman–Crippen LogP) is 6.12. The second-order valence-electron chi connectivity index (χ2n) is 13.5. The molecule has 0 aliphatic carbocycles. The highest BCUT2D eigenvalue weighted by molar-refractivity contribution is 6.15. The minimum Gasteiger partial charge on any atom is -0.444 e. The Morgan fingerprint density at radius 3 is 1.58 bits per heavy atom. The van der Waals surface area contributed by atoms with E-state index in [1.165, 1.54) is 11.9 Å². The van der Waals surface area contributed by atoms with Crippen LogP contribution in [0.4, 0.5) is 25.8 Å². The van der Waals surface area contributed by atoms with Gasteiger partial charge in [-0.25, -0.2) is 14.4 Å². The molecule has 0 atom stereocenters. The maximum Gasteiger partial charge on any atom is 0.410 e. The summed E-state index contributed by atoms with van der Waals surface area (Å²) in [6.07, 6.45) is 5.86. The summed E-state index contributed by atoms with van der Waals surface area (Å²) in [7, 11) is 0. The van der Waals surface area contributed by atoms with Gasteiger partial charge in [0.25, 0.3) is 0 Å². The summed E-state index contributed by atoms with van der Waals surface area (Å²) in [6.45, 7) is 9.87. The second-order valence-corrected chi connectivity index (χ2v) is 13.5. The molecule has 0 radical (unpaired) electrons. The van der Waals surface area contributed by atoms with Crippen LogP contribution in [-0.2, 0) is 14.3 Å². The number of likely N-dealkylation sites (tertiary alicyclic amines) is 1. The number of carbonyl (C=O) groups is 5. The lowest BCUT2D eigenvalue weighted by Gasteiger charge is -2.34. The van der Waals surface area contributed by atoms with E-state index in [1.54, 1.807) is 14.7 Å². The number of alkyl halides is 1. The first-order valence-electron chi connectivity index (χ1n) is 17.0. The Kier molecular flexibility index (Phi) is 15.4. The fraction of sp³-hybridized carbons (Fsp3) is 0.528. The van der Waals surface area contributed by atoms with Crippen LogP contribution in [-0.4, -0.2) is 86.1 Å². The van der Waals surface area contributed by atoms with Crippen molar-refractivity contribution in [2.75, 3.05) is 55.5 Å². The Labute approximate surface area is 306 Å². The molecular formula is C36H50Cl2N6O6. The quantitative estimate of drug-likeness (QED) is 0.322. The Balaban J connectivity index is 0.000000262. The Bertz CT molecular complexity index is 1490. The van der Waals surface area contributed by atoms with Gasteiger partial charge in [0.15, 0.2) is 0 Å². The predicted molar refractivity (Wildman–Crippen MR) is 198 cm³/mol. The molecule has 4 fully saturated rings. The van der Waals surface area contributed by atoms with Gasteiger partial charge in [-0.05, 0) is 107 Å². The van der Waals surface area contributed by atoms with Gasteiger partial charge in [-0.2, -0.15) is 0 Å². The van der Waals surface area contributed by atoms with Gasteiger partial charge in [-0.15, -0.1) is 24.0 Å². The topological polar surface area (TPSA) is 140 Å². The molecule has 6 rings (SSSR count). The van der Waals surface area contributed by atoms with Crippen molar-refractivity contribution < 1.29 is 28.7 Å². The summed E-state index contributed by atoms with van der Waals surface area (Å²) in [6, 6.07) is 15.4. The number of anilines is 2. The molecule has 12 nitrogen and oxygen atoms in total. The van der Waals surface area contributed by atoms with Crippen LogP contribution < -0.4 is 25.8 Å². The van der Waals surface area contributed by atoms with Crippen LogP contribution in [0.1, 0.15) is 82.3 Å². The van der Waals surface area contributed by atoms with Gasteiger partial charge in [0, 0.05) is 56.8 Å². The molecule has 4 heterocycles. The summed E-state index contributed by atoms with van der Waals surface area (Å²) in [5.74, 6) is 0.464. The Morgan fingerprint density at radius 1 is 0.720 bits per heavy atom. The van der Waals surface area contributed by atoms with E-state index in [4.69, 9.17) is 4.74 Å². The van der Waals surface area contributed by atoms with Gasteiger partial charge in [-0.3, -0.25) is 30.0 Å². The number of halogens is 2. The van der Waals surface area contributed by atoms with Crippen LogP contribution in [0.15, 0.2) is 48.5 Å². The molecule has 0 unspecified atom stereocenters. The number of imide groups is 2. The number of benzene rings is 2. The van der Waals surface area contributed by atoms with Gasteiger partial charge in [0.2, 0.25) is 11.8 Å². The van der Waals surface area contributed by atoms with Gasteiger partial charge in [-0.1, -0.05) is 24.3 Å². The van der Waals surface area contributed by atoms with Crippen molar-refractivity contribution in [3.63, 3.8) is 0 Å². The number of nitrogens with zero attached hydrogens (tertiary/aromatic N) is 3. The second kappa shape index (κ2) is 18.9. The monoisotopic (exact) mass is 732 g/mol. The minimum atomic E-state index is -0.487. The summed E-state index contributed by atoms with van der Waals surface area (Å²) in [5, 5.41) is 8.08. The number of nitrogens with one attached hydrogen (secondary N) is 3. The van der Waals surface area contributed by atoms with Crippen LogP contribution in [0, 0.1) is 0 Å².